The summed E-state index contributed by atoms with van der Waals surface area (Å²) in [6, 6.07) is 0. The smallest absolute Gasteiger partial charge is 0.305 e. The van der Waals surface area contributed by atoms with E-state index in [9.17, 15) is 9.59 Å². The fraction of sp³-hybridized carbons (Fsp3) is 0.700. The summed E-state index contributed by atoms with van der Waals surface area (Å²) >= 11 is 0. The molecule has 0 aliphatic heterocycles. The average Bonchev–Trinajstić information content (AvgIpc) is 2.57. The van der Waals surface area contributed by atoms with Gasteiger partial charge in [-0.1, -0.05) is 24.3 Å². The maximum absolute atomic E-state index is 11.5. The molecule has 26 heavy (non-hydrogen) atoms. The first kappa shape index (κ1) is 24.3. The molecule has 0 atom stereocenters. The maximum Gasteiger partial charge on any atom is 0.305 e. The summed E-state index contributed by atoms with van der Waals surface area (Å²) in [6.07, 6.45) is 3.19. The Balaban J connectivity index is 3.38. The molecule has 150 valence electrons. The zero-order valence-corrected chi connectivity index (χ0v) is 16.3. The Morgan fingerprint density at radius 1 is 0.654 bits per heavy atom. The van der Waals surface area contributed by atoms with Crippen LogP contribution in [-0.4, -0.2) is 51.6 Å². The molecule has 0 N–H and O–H groups in total. The Morgan fingerprint density at radius 3 is 1.38 bits per heavy atom. The third kappa shape index (κ3) is 18.7. The van der Waals surface area contributed by atoms with Crippen molar-refractivity contribution in [2.75, 3.05) is 39.6 Å². The summed E-state index contributed by atoms with van der Waals surface area (Å²) in [7, 11) is 0. The molecule has 6 heteroatoms. The van der Waals surface area contributed by atoms with Gasteiger partial charge in [0.15, 0.2) is 0 Å². The van der Waals surface area contributed by atoms with Crippen molar-refractivity contribution >= 4 is 11.9 Å². The minimum Gasteiger partial charge on any atom is -0.466 e. The summed E-state index contributed by atoms with van der Waals surface area (Å²) in [5.41, 5.74) is 1.94. The molecule has 0 heterocycles. The van der Waals surface area contributed by atoms with E-state index in [1.165, 1.54) is 0 Å². The van der Waals surface area contributed by atoms with E-state index in [1.807, 2.05) is 13.8 Å². The molecule has 0 amide bonds. The van der Waals surface area contributed by atoms with Gasteiger partial charge in [-0.2, -0.15) is 0 Å². The lowest BCUT2D eigenvalue weighted by Crippen LogP contribution is -2.10. The molecule has 0 spiro atoms. The lowest BCUT2D eigenvalue weighted by Gasteiger charge is -2.07. The van der Waals surface area contributed by atoms with Crippen LogP contribution in [0.15, 0.2) is 24.3 Å². The number of hydrogen-bond donors (Lipinski definition) is 0. The van der Waals surface area contributed by atoms with Gasteiger partial charge in [0.1, 0.15) is 0 Å². The van der Waals surface area contributed by atoms with Crippen LogP contribution in [0.4, 0.5) is 0 Å². The van der Waals surface area contributed by atoms with Crippen LogP contribution in [0.3, 0.4) is 0 Å². The van der Waals surface area contributed by atoms with E-state index in [-0.39, 0.29) is 11.9 Å². The fourth-order valence-corrected chi connectivity index (χ4v) is 1.87. The number of esters is 2. The lowest BCUT2D eigenvalue weighted by atomic mass is 10.2. The van der Waals surface area contributed by atoms with E-state index in [2.05, 4.69) is 13.2 Å². The van der Waals surface area contributed by atoms with E-state index in [0.29, 0.717) is 78.2 Å². The molecule has 6 nitrogen and oxygen atoms in total. The third-order valence-electron chi connectivity index (χ3n) is 3.10. The van der Waals surface area contributed by atoms with E-state index in [0.717, 1.165) is 11.1 Å². The van der Waals surface area contributed by atoms with Gasteiger partial charge in [-0.15, -0.1) is 0 Å². The van der Waals surface area contributed by atoms with Gasteiger partial charge in [0.2, 0.25) is 0 Å². The van der Waals surface area contributed by atoms with Crippen LogP contribution >= 0.6 is 0 Å². The number of rotatable bonds is 17. The summed E-state index contributed by atoms with van der Waals surface area (Å²) in [5.74, 6) is -0.485. The minimum atomic E-state index is -0.243. The molecule has 0 saturated carbocycles. The second-order valence-corrected chi connectivity index (χ2v) is 6.37. The monoisotopic (exact) mass is 370 g/mol. The zero-order valence-electron chi connectivity index (χ0n) is 16.3. The SMILES string of the molecule is C=C(C)COCCCOC(=O)CCCCC(=O)OCCCOCC(=C)C. The Morgan fingerprint density at radius 2 is 1.04 bits per heavy atom. The van der Waals surface area contributed by atoms with Gasteiger partial charge >= 0.3 is 11.9 Å². The second kappa shape index (κ2) is 16.8. The first-order valence-electron chi connectivity index (χ1n) is 9.17. The molecule has 0 aliphatic carbocycles. The van der Waals surface area contributed by atoms with E-state index >= 15 is 0 Å². The summed E-state index contributed by atoms with van der Waals surface area (Å²) < 4.78 is 20.8. The average molecular weight is 370 g/mol. The third-order valence-corrected chi connectivity index (χ3v) is 3.10. The molecule has 0 rings (SSSR count). The molecular formula is C20H34O6. The molecule has 0 fully saturated rings. The second-order valence-electron chi connectivity index (χ2n) is 6.37. The van der Waals surface area contributed by atoms with Crippen LogP contribution in [0.1, 0.15) is 52.4 Å². The fourth-order valence-electron chi connectivity index (χ4n) is 1.87. The lowest BCUT2D eigenvalue weighted by molar-refractivity contribution is -0.146. The van der Waals surface area contributed by atoms with Crippen LogP contribution in [0.5, 0.6) is 0 Å². The Kier molecular flexibility index (Phi) is 15.7. The van der Waals surface area contributed by atoms with E-state index < -0.39 is 0 Å². The normalized spacial score (nSPS) is 10.4. The van der Waals surface area contributed by atoms with Crippen molar-refractivity contribution in [2.45, 2.75) is 52.4 Å². The van der Waals surface area contributed by atoms with Crippen LogP contribution in [0.25, 0.3) is 0 Å². The number of carbonyl (C=O) groups is 2. The predicted molar refractivity (Wildman–Crippen MR) is 101 cm³/mol. The number of unbranched alkanes of at least 4 members (excludes halogenated alkanes) is 1. The summed E-state index contributed by atoms with van der Waals surface area (Å²) in [5, 5.41) is 0. The summed E-state index contributed by atoms with van der Waals surface area (Å²) in [6.45, 7) is 14.1. The first-order valence-corrected chi connectivity index (χ1v) is 9.17. The summed E-state index contributed by atoms with van der Waals surface area (Å²) in [4.78, 5) is 23.1. The van der Waals surface area contributed by atoms with Crippen molar-refractivity contribution in [1.82, 2.24) is 0 Å². The molecule has 0 aromatic rings. The van der Waals surface area contributed by atoms with Gasteiger partial charge < -0.3 is 18.9 Å². The molecule has 0 aliphatic rings. The van der Waals surface area contributed by atoms with Crippen LogP contribution < -0.4 is 0 Å². The molecule has 0 saturated heterocycles. The Bertz CT molecular complexity index is 390. The Hall–Kier alpha value is -1.66. The Labute approximate surface area is 157 Å². The highest BCUT2D eigenvalue weighted by molar-refractivity contribution is 5.70. The van der Waals surface area contributed by atoms with Crippen LogP contribution in [-0.2, 0) is 28.5 Å². The molecular weight excluding hydrogens is 336 g/mol. The van der Waals surface area contributed by atoms with Crippen LogP contribution in [0, 0.1) is 0 Å². The van der Waals surface area contributed by atoms with Gasteiger partial charge in [-0.3, -0.25) is 9.59 Å². The standard InChI is InChI=1S/C20H34O6/c1-17(2)15-23-11-7-13-25-19(21)9-5-6-10-20(22)26-14-8-12-24-16-18(3)4/h1,3,5-16H2,2,4H3. The van der Waals surface area contributed by atoms with Crippen molar-refractivity contribution in [3.63, 3.8) is 0 Å². The quantitative estimate of drug-likeness (QED) is 0.221. The van der Waals surface area contributed by atoms with Gasteiger partial charge in [-0.25, -0.2) is 0 Å². The van der Waals surface area contributed by atoms with Crippen molar-refractivity contribution in [1.29, 1.82) is 0 Å². The molecule has 0 radical (unpaired) electrons. The van der Waals surface area contributed by atoms with Crippen molar-refractivity contribution < 1.29 is 28.5 Å². The highest BCUT2D eigenvalue weighted by atomic mass is 16.5. The highest BCUT2D eigenvalue weighted by Gasteiger charge is 2.06. The topological polar surface area (TPSA) is 71.1 Å². The van der Waals surface area contributed by atoms with Crippen molar-refractivity contribution in [2.24, 2.45) is 0 Å². The van der Waals surface area contributed by atoms with E-state index in [1.54, 1.807) is 0 Å². The largest absolute Gasteiger partial charge is 0.466 e. The molecule has 0 unspecified atom stereocenters. The van der Waals surface area contributed by atoms with Crippen LogP contribution in [0.2, 0.25) is 0 Å². The van der Waals surface area contributed by atoms with Gasteiger partial charge in [0, 0.05) is 25.7 Å². The maximum atomic E-state index is 11.5. The highest BCUT2D eigenvalue weighted by Crippen LogP contribution is 2.04. The van der Waals surface area contributed by atoms with Gasteiger partial charge in [0.25, 0.3) is 0 Å². The number of ether oxygens (including phenoxy) is 4. The van der Waals surface area contributed by atoms with Crippen molar-refractivity contribution in [3.05, 3.63) is 24.3 Å². The molecule has 0 bridgehead atoms. The van der Waals surface area contributed by atoms with Crippen molar-refractivity contribution in [3.8, 4) is 0 Å². The first-order chi connectivity index (χ1) is 12.4. The predicted octanol–water partition coefficient (Wildman–Crippen LogP) is 3.60. The molecule has 0 aromatic heterocycles. The van der Waals surface area contributed by atoms with Gasteiger partial charge in [0.05, 0.1) is 39.6 Å². The van der Waals surface area contributed by atoms with Gasteiger partial charge in [-0.05, 0) is 26.7 Å². The minimum absolute atomic E-state index is 0.243. The number of hydrogen-bond acceptors (Lipinski definition) is 6. The molecule has 0 aromatic carbocycles. The zero-order chi connectivity index (χ0) is 19.6. The van der Waals surface area contributed by atoms with E-state index in [4.69, 9.17) is 18.9 Å². The number of carbonyl (C=O) groups excluding carboxylic acids is 2.